The first-order chi connectivity index (χ1) is 9.65. The summed E-state index contributed by atoms with van der Waals surface area (Å²) in [6.07, 6.45) is -0.607. The minimum atomic E-state index is -0.607. The Labute approximate surface area is 122 Å². The molecule has 0 aliphatic carbocycles. The average molecular weight is 291 g/mol. The van der Waals surface area contributed by atoms with Crippen molar-refractivity contribution in [2.24, 2.45) is 0 Å². The lowest BCUT2D eigenvalue weighted by Gasteiger charge is -2.15. The zero-order chi connectivity index (χ0) is 14.4. The van der Waals surface area contributed by atoms with Crippen LogP contribution in [0.3, 0.4) is 0 Å². The number of benzene rings is 2. The molecule has 104 valence electrons. The van der Waals surface area contributed by atoms with Gasteiger partial charge in [0.25, 0.3) is 5.91 Å². The molecule has 1 amide bonds. The van der Waals surface area contributed by atoms with Crippen molar-refractivity contribution in [1.82, 2.24) is 5.43 Å². The van der Waals surface area contributed by atoms with Gasteiger partial charge in [0.1, 0.15) is 5.75 Å². The van der Waals surface area contributed by atoms with E-state index in [4.69, 9.17) is 16.3 Å². The predicted octanol–water partition coefficient (Wildman–Crippen LogP) is 3.25. The molecular weight excluding hydrogens is 276 g/mol. The number of hydrogen-bond donors (Lipinski definition) is 2. The van der Waals surface area contributed by atoms with Gasteiger partial charge >= 0.3 is 0 Å². The van der Waals surface area contributed by atoms with Gasteiger partial charge in [-0.1, -0.05) is 35.9 Å². The number of rotatable bonds is 5. The van der Waals surface area contributed by atoms with Crippen molar-refractivity contribution in [3.8, 4) is 5.75 Å². The van der Waals surface area contributed by atoms with E-state index >= 15 is 0 Å². The van der Waals surface area contributed by atoms with Crippen LogP contribution < -0.4 is 15.6 Å². The molecule has 0 saturated carbocycles. The van der Waals surface area contributed by atoms with E-state index in [1.54, 1.807) is 43.3 Å². The largest absolute Gasteiger partial charge is 0.481 e. The van der Waals surface area contributed by atoms with E-state index in [0.29, 0.717) is 16.5 Å². The number of nitrogens with one attached hydrogen (secondary N) is 2. The molecule has 0 aromatic heterocycles. The van der Waals surface area contributed by atoms with Gasteiger partial charge in [0, 0.05) is 5.02 Å². The van der Waals surface area contributed by atoms with Crippen LogP contribution in [0.2, 0.25) is 5.02 Å². The van der Waals surface area contributed by atoms with E-state index in [1.165, 1.54) is 0 Å². The second-order valence-corrected chi connectivity index (χ2v) is 4.63. The molecule has 2 N–H and O–H groups in total. The SMILES string of the molecule is CC(Oc1ccccc1)C(=O)NNc1cccc(Cl)c1. The van der Waals surface area contributed by atoms with Gasteiger partial charge < -0.3 is 4.74 Å². The highest BCUT2D eigenvalue weighted by molar-refractivity contribution is 6.30. The molecule has 2 rings (SSSR count). The lowest BCUT2D eigenvalue weighted by Crippen LogP contribution is -2.39. The van der Waals surface area contributed by atoms with Crippen LogP contribution in [0.15, 0.2) is 54.6 Å². The standard InChI is InChI=1S/C15H15ClN2O2/c1-11(20-14-8-3-2-4-9-14)15(19)18-17-13-7-5-6-12(16)10-13/h2-11,17H,1H3,(H,18,19). The maximum Gasteiger partial charge on any atom is 0.279 e. The summed E-state index contributed by atoms with van der Waals surface area (Å²) in [5.74, 6) is 0.381. The highest BCUT2D eigenvalue weighted by Gasteiger charge is 2.13. The summed E-state index contributed by atoms with van der Waals surface area (Å²) in [6.45, 7) is 1.68. The molecule has 1 atom stereocenters. The molecule has 0 spiro atoms. The van der Waals surface area contributed by atoms with Crippen molar-refractivity contribution in [1.29, 1.82) is 0 Å². The van der Waals surface area contributed by atoms with Crippen LogP contribution in [-0.2, 0) is 4.79 Å². The highest BCUT2D eigenvalue weighted by Crippen LogP contribution is 2.14. The van der Waals surface area contributed by atoms with Crippen LogP contribution in [0.4, 0.5) is 5.69 Å². The molecule has 4 nitrogen and oxygen atoms in total. The summed E-state index contributed by atoms with van der Waals surface area (Å²) in [6, 6.07) is 16.3. The molecule has 20 heavy (non-hydrogen) atoms. The normalized spacial score (nSPS) is 11.5. The first-order valence-electron chi connectivity index (χ1n) is 6.18. The lowest BCUT2D eigenvalue weighted by atomic mass is 10.3. The van der Waals surface area contributed by atoms with E-state index in [9.17, 15) is 4.79 Å². The minimum absolute atomic E-state index is 0.270. The zero-order valence-electron chi connectivity index (χ0n) is 11.0. The van der Waals surface area contributed by atoms with Gasteiger partial charge in [0.05, 0.1) is 5.69 Å². The molecule has 0 saturated heterocycles. The molecule has 1 unspecified atom stereocenters. The minimum Gasteiger partial charge on any atom is -0.481 e. The van der Waals surface area contributed by atoms with Gasteiger partial charge in [-0.2, -0.15) is 0 Å². The summed E-state index contributed by atoms with van der Waals surface area (Å²) >= 11 is 5.85. The van der Waals surface area contributed by atoms with E-state index in [0.717, 1.165) is 0 Å². The molecule has 0 heterocycles. The Morgan fingerprint density at radius 1 is 1.15 bits per heavy atom. The number of para-hydroxylation sites is 1. The molecular formula is C15H15ClN2O2. The highest BCUT2D eigenvalue weighted by atomic mass is 35.5. The first kappa shape index (κ1) is 14.2. The molecule has 2 aromatic rings. The number of hydrazine groups is 1. The third-order valence-electron chi connectivity index (χ3n) is 2.58. The lowest BCUT2D eigenvalue weighted by molar-refractivity contribution is -0.126. The first-order valence-corrected chi connectivity index (χ1v) is 6.56. The van der Waals surface area contributed by atoms with Crippen LogP contribution in [-0.4, -0.2) is 12.0 Å². The Morgan fingerprint density at radius 3 is 2.60 bits per heavy atom. The third-order valence-corrected chi connectivity index (χ3v) is 2.82. The number of halogens is 1. The Bertz CT molecular complexity index is 575. The number of amides is 1. The fraction of sp³-hybridized carbons (Fsp3) is 0.133. The Morgan fingerprint density at radius 2 is 1.90 bits per heavy atom. The number of carbonyl (C=O) groups is 1. The quantitative estimate of drug-likeness (QED) is 0.831. The molecule has 0 bridgehead atoms. The maximum absolute atomic E-state index is 11.9. The number of hydrogen-bond acceptors (Lipinski definition) is 3. The second kappa shape index (κ2) is 6.82. The monoisotopic (exact) mass is 290 g/mol. The van der Waals surface area contributed by atoms with Crippen LogP contribution in [0.5, 0.6) is 5.75 Å². The molecule has 0 aliphatic heterocycles. The summed E-state index contributed by atoms with van der Waals surface area (Å²) in [7, 11) is 0. The smallest absolute Gasteiger partial charge is 0.279 e. The topological polar surface area (TPSA) is 50.4 Å². The number of ether oxygens (including phenoxy) is 1. The molecule has 5 heteroatoms. The summed E-state index contributed by atoms with van der Waals surface area (Å²) in [5.41, 5.74) is 6.07. The van der Waals surface area contributed by atoms with Crippen LogP contribution in [0.1, 0.15) is 6.92 Å². The van der Waals surface area contributed by atoms with Gasteiger partial charge in [-0.3, -0.25) is 15.6 Å². The van der Waals surface area contributed by atoms with Crippen molar-refractivity contribution >= 4 is 23.2 Å². The molecule has 0 radical (unpaired) electrons. The van der Waals surface area contributed by atoms with Crippen molar-refractivity contribution < 1.29 is 9.53 Å². The van der Waals surface area contributed by atoms with Gasteiger partial charge in [-0.25, -0.2) is 0 Å². The summed E-state index contributed by atoms with van der Waals surface area (Å²) in [5, 5.41) is 0.595. The van der Waals surface area contributed by atoms with E-state index in [2.05, 4.69) is 10.9 Å². The molecule has 0 fully saturated rings. The Kier molecular flexibility index (Phi) is 4.85. The van der Waals surface area contributed by atoms with Crippen LogP contribution >= 0.6 is 11.6 Å². The maximum atomic E-state index is 11.9. The molecule has 0 aliphatic rings. The number of anilines is 1. The Balaban J connectivity index is 1.85. The third kappa shape index (κ3) is 4.17. The fourth-order valence-electron chi connectivity index (χ4n) is 1.56. The summed E-state index contributed by atoms with van der Waals surface area (Å²) in [4.78, 5) is 11.9. The van der Waals surface area contributed by atoms with Crippen molar-refractivity contribution in [2.45, 2.75) is 13.0 Å². The van der Waals surface area contributed by atoms with Crippen LogP contribution in [0.25, 0.3) is 0 Å². The van der Waals surface area contributed by atoms with Gasteiger partial charge in [0.15, 0.2) is 6.10 Å². The van der Waals surface area contributed by atoms with E-state index in [-0.39, 0.29) is 5.91 Å². The second-order valence-electron chi connectivity index (χ2n) is 4.20. The number of carbonyl (C=O) groups excluding carboxylic acids is 1. The summed E-state index contributed by atoms with van der Waals surface area (Å²) < 4.78 is 5.51. The fourth-order valence-corrected chi connectivity index (χ4v) is 1.75. The predicted molar refractivity (Wildman–Crippen MR) is 79.7 cm³/mol. The van der Waals surface area contributed by atoms with Crippen molar-refractivity contribution in [3.63, 3.8) is 0 Å². The van der Waals surface area contributed by atoms with Crippen molar-refractivity contribution in [2.75, 3.05) is 5.43 Å². The van der Waals surface area contributed by atoms with E-state index < -0.39 is 6.10 Å². The average Bonchev–Trinajstić information content (AvgIpc) is 2.46. The molecule has 2 aromatic carbocycles. The van der Waals surface area contributed by atoms with Gasteiger partial charge in [-0.05, 0) is 37.3 Å². The van der Waals surface area contributed by atoms with Crippen molar-refractivity contribution in [3.05, 3.63) is 59.6 Å². The zero-order valence-corrected chi connectivity index (χ0v) is 11.7. The van der Waals surface area contributed by atoms with Crippen LogP contribution in [0, 0.1) is 0 Å². The van der Waals surface area contributed by atoms with E-state index in [1.807, 2.05) is 18.2 Å². The Hall–Kier alpha value is -2.20. The van der Waals surface area contributed by atoms with Gasteiger partial charge in [0.2, 0.25) is 0 Å². The van der Waals surface area contributed by atoms with Gasteiger partial charge in [-0.15, -0.1) is 0 Å².